The summed E-state index contributed by atoms with van der Waals surface area (Å²) in [4.78, 5) is 20.7. The number of hydrogen-bond acceptors (Lipinski definition) is 4. The molecule has 1 aliphatic rings. The molecule has 0 radical (unpaired) electrons. The molecule has 0 bridgehead atoms. The van der Waals surface area contributed by atoms with Crippen molar-refractivity contribution in [2.75, 3.05) is 44.6 Å². The van der Waals surface area contributed by atoms with Crippen LogP contribution in [-0.2, 0) is 0 Å². The molecule has 1 fully saturated rings. The molecule has 0 atom stereocenters. The lowest BCUT2D eigenvalue weighted by atomic mass is 10.3. The number of carbonyl (C=O) groups excluding carboxylic acids is 1. The minimum atomic E-state index is -0.0996. The first-order valence-electron chi connectivity index (χ1n) is 8.71. The standard InChI is InChI=1S/C19H23ClN4O2/c1-15-17(7-8-18(20)21-15)22-19(25)24-11-9-23(10-12-24)13-14-26-16-5-3-2-4-6-16/h2-8H,9-14H2,1H3,(H,22,25). The van der Waals surface area contributed by atoms with E-state index in [9.17, 15) is 4.79 Å². The largest absolute Gasteiger partial charge is 0.492 e. The Balaban J connectivity index is 1.41. The molecule has 1 aromatic carbocycles. The average Bonchev–Trinajstić information content (AvgIpc) is 2.65. The summed E-state index contributed by atoms with van der Waals surface area (Å²) in [6, 6.07) is 13.2. The lowest BCUT2D eigenvalue weighted by Gasteiger charge is -2.34. The van der Waals surface area contributed by atoms with Gasteiger partial charge in [0.2, 0.25) is 0 Å². The van der Waals surface area contributed by atoms with Crippen molar-refractivity contribution < 1.29 is 9.53 Å². The molecular formula is C19H23ClN4O2. The molecule has 138 valence electrons. The Morgan fingerprint density at radius 3 is 2.58 bits per heavy atom. The Morgan fingerprint density at radius 1 is 1.15 bits per heavy atom. The number of aryl methyl sites for hydroxylation is 1. The summed E-state index contributed by atoms with van der Waals surface area (Å²) in [5.74, 6) is 0.887. The number of hydrogen-bond donors (Lipinski definition) is 1. The van der Waals surface area contributed by atoms with Gasteiger partial charge < -0.3 is 15.0 Å². The number of nitrogens with one attached hydrogen (secondary N) is 1. The van der Waals surface area contributed by atoms with Gasteiger partial charge in [-0.15, -0.1) is 0 Å². The topological polar surface area (TPSA) is 57.7 Å². The Labute approximate surface area is 158 Å². The van der Waals surface area contributed by atoms with E-state index in [1.165, 1.54) is 0 Å². The summed E-state index contributed by atoms with van der Waals surface area (Å²) in [5.41, 5.74) is 1.40. The number of anilines is 1. The first-order valence-corrected chi connectivity index (χ1v) is 9.09. The minimum absolute atomic E-state index is 0.0996. The fourth-order valence-electron chi connectivity index (χ4n) is 2.84. The van der Waals surface area contributed by atoms with E-state index in [0.717, 1.165) is 25.4 Å². The maximum absolute atomic E-state index is 12.4. The highest BCUT2D eigenvalue weighted by Crippen LogP contribution is 2.16. The number of benzene rings is 1. The Kier molecular flexibility index (Phi) is 6.30. The average molecular weight is 375 g/mol. The molecule has 1 aliphatic heterocycles. The number of pyridine rings is 1. The minimum Gasteiger partial charge on any atom is -0.492 e. The molecule has 1 saturated heterocycles. The smallest absolute Gasteiger partial charge is 0.321 e. The van der Waals surface area contributed by atoms with Gasteiger partial charge >= 0.3 is 6.03 Å². The second kappa shape index (κ2) is 8.87. The number of nitrogens with zero attached hydrogens (tertiary/aromatic N) is 3. The molecule has 0 spiro atoms. The molecule has 0 aliphatic carbocycles. The molecular weight excluding hydrogens is 352 g/mol. The molecule has 6 nitrogen and oxygen atoms in total. The zero-order valence-electron chi connectivity index (χ0n) is 14.8. The van der Waals surface area contributed by atoms with Crippen LogP contribution in [0.2, 0.25) is 5.15 Å². The van der Waals surface area contributed by atoms with Crippen molar-refractivity contribution in [3.63, 3.8) is 0 Å². The predicted octanol–water partition coefficient (Wildman–Crippen LogP) is 3.27. The zero-order chi connectivity index (χ0) is 18.4. The van der Waals surface area contributed by atoms with Crippen LogP contribution in [0, 0.1) is 6.92 Å². The molecule has 0 saturated carbocycles. The molecule has 3 rings (SSSR count). The number of carbonyl (C=O) groups is 1. The van der Waals surface area contributed by atoms with Crippen molar-refractivity contribution in [2.45, 2.75) is 6.92 Å². The number of rotatable bonds is 5. The van der Waals surface area contributed by atoms with Crippen LogP contribution in [0.4, 0.5) is 10.5 Å². The van der Waals surface area contributed by atoms with Crippen molar-refractivity contribution in [3.8, 4) is 5.75 Å². The molecule has 2 aromatic rings. The fourth-order valence-corrected chi connectivity index (χ4v) is 3.03. The summed E-state index contributed by atoms with van der Waals surface area (Å²) < 4.78 is 5.73. The molecule has 1 aromatic heterocycles. The van der Waals surface area contributed by atoms with Gasteiger partial charge in [-0.2, -0.15) is 0 Å². The fraction of sp³-hybridized carbons (Fsp3) is 0.368. The highest BCUT2D eigenvalue weighted by Gasteiger charge is 2.21. The molecule has 26 heavy (non-hydrogen) atoms. The lowest BCUT2D eigenvalue weighted by Crippen LogP contribution is -2.50. The normalized spacial score (nSPS) is 14.9. The van der Waals surface area contributed by atoms with Crippen LogP contribution in [0.1, 0.15) is 5.69 Å². The number of ether oxygens (including phenoxy) is 1. The van der Waals surface area contributed by atoms with Crippen LogP contribution in [0.3, 0.4) is 0 Å². The quantitative estimate of drug-likeness (QED) is 0.816. The van der Waals surface area contributed by atoms with E-state index in [0.29, 0.717) is 36.2 Å². The van der Waals surface area contributed by atoms with E-state index in [1.807, 2.05) is 42.2 Å². The summed E-state index contributed by atoms with van der Waals surface area (Å²) in [7, 11) is 0. The SMILES string of the molecule is Cc1nc(Cl)ccc1NC(=O)N1CCN(CCOc2ccccc2)CC1. The van der Waals surface area contributed by atoms with Crippen LogP contribution >= 0.6 is 11.6 Å². The van der Waals surface area contributed by atoms with E-state index in [2.05, 4.69) is 15.2 Å². The molecule has 0 unspecified atom stereocenters. The lowest BCUT2D eigenvalue weighted by molar-refractivity contribution is 0.132. The van der Waals surface area contributed by atoms with Crippen molar-refractivity contribution in [1.29, 1.82) is 0 Å². The monoisotopic (exact) mass is 374 g/mol. The molecule has 2 amide bonds. The maximum Gasteiger partial charge on any atom is 0.321 e. The third kappa shape index (κ3) is 5.09. The summed E-state index contributed by atoms with van der Waals surface area (Å²) in [5, 5.41) is 3.33. The van der Waals surface area contributed by atoms with Gasteiger partial charge in [0, 0.05) is 32.7 Å². The summed E-state index contributed by atoms with van der Waals surface area (Å²) in [6.07, 6.45) is 0. The van der Waals surface area contributed by atoms with Crippen LogP contribution < -0.4 is 10.1 Å². The van der Waals surface area contributed by atoms with E-state index in [-0.39, 0.29) is 6.03 Å². The van der Waals surface area contributed by atoms with E-state index in [4.69, 9.17) is 16.3 Å². The first kappa shape index (κ1) is 18.5. The number of aromatic nitrogens is 1. The Morgan fingerprint density at radius 2 is 1.88 bits per heavy atom. The highest BCUT2D eigenvalue weighted by molar-refractivity contribution is 6.29. The number of halogens is 1. The Bertz CT molecular complexity index is 734. The molecule has 1 N–H and O–H groups in total. The summed E-state index contributed by atoms with van der Waals surface area (Å²) in [6.45, 7) is 6.38. The van der Waals surface area contributed by atoms with Crippen molar-refractivity contribution in [1.82, 2.24) is 14.8 Å². The maximum atomic E-state index is 12.4. The highest BCUT2D eigenvalue weighted by atomic mass is 35.5. The zero-order valence-corrected chi connectivity index (χ0v) is 15.6. The second-order valence-electron chi connectivity index (χ2n) is 6.19. The number of urea groups is 1. The predicted molar refractivity (Wildman–Crippen MR) is 103 cm³/mol. The number of piperazine rings is 1. The van der Waals surface area contributed by atoms with Crippen LogP contribution in [0.25, 0.3) is 0 Å². The van der Waals surface area contributed by atoms with Gasteiger partial charge in [0.25, 0.3) is 0 Å². The van der Waals surface area contributed by atoms with Crippen LogP contribution in [0.5, 0.6) is 5.75 Å². The molecule has 7 heteroatoms. The third-order valence-electron chi connectivity index (χ3n) is 4.37. The van der Waals surface area contributed by atoms with Gasteiger partial charge in [-0.05, 0) is 31.2 Å². The van der Waals surface area contributed by atoms with Gasteiger partial charge in [0.1, 0.15) is 17.5 Å². The van der Waals surface area contributed by atoms with Crippen LogP contribution in [0.15, 0.2) is 42.5 Å². The van der Waals surface area contributed by atoms with Crippen molar-refractivity contribution in [3.05, 3.63) is 53.3 Å². The Hall–Kier alpha value is -2.31. The molecule has 2 heterocycles. The van der Waals surface area contributed by atoms with E-state index < -0.39 is 0 Å². The number of amides is 2. The first-order chi connectivity index (χ1) is 12.6. The van der Waals surface area contributed by atoms with Gasteiger partial charge in [-0.25, -0.2) is 9.78 Å². The van der Waals surface area contributed by atoms with Gasteiger partial charge in [0.15, 0.2) is 0 Å². The van der Waals surface area contributed by atoms with Gasteiger partial charge in [-0.1, -0.05) is 29.8 Å². The van der Waals surface area contributed by atoms with Crippen LogP contribution in [-0.4, -0.2) is 60.1 Å². The van der Waals surface area contributed by atoms with Crippen molar-refractivity contribution >= 4 is 23.3 Å². The van der Waals surface area contributed by atoms with Crippen molar-refractivity contribution in [2.24, 2.45) is 0 Å². The number of para-hydroxylation sites is 1. The second-order valence-corrected chi connectivity index (χ2v) is 6.57. The van der Waals surface area contributed by atoms with Gasteiger partial charge in [0.05, 0.1) is 11.4 Å². The van der Waals surface area contributed by atoms with Gasteiger partial charge in [-0.3, -0.25) is 4.90 Å². The summed E-state index contributed by atoms with van der Waals surface area (Å²) >= 11 is 5.85. The van der Waals surface area contributed by atoms with E-state index in [1.54, 1.807) is 12.1 Å². The third-order valence-corrected chi connectivity index (χ3v) is 4.58. The van der Waals surface area contributed by atoms with E-state index >= 15 is 0 Å².